The first-order valence-electron chi connectivity index (χ1n) is 10.1. The third kappa shape index (κ3) is 5.97. The smallest absolute Gasteiger partial charge is 0.224 e. The van der Waals surface area contributed by atoms with Gasteiger partial charge in [-0.2, -0.15) is 0 Å². The van der Waals surface area contributed by atoms with Crippen LogP contribution in [0, 0.1) is 6.92 Å². The number of Topliss-reactive ketones (excluding diaryl/α,β-unsaturated/α-hetero) is 1. The summed E-state index contributed by atoms with van der Waals surface area (Å²) in [4.78, 5) is 33.9. The summed E-state index contributed by atoms with van der Waals surface area (Å²) in [6.07, 6.45) is 7.86. The summed E-state index contributed by atoms with van der Waals surface area (Å²) in [6, 6.07) is 11.0. The number of hydrogen-bond acceptors (Lipinski definition) is 6. The number of hydrogen-bond donors (Lipinski definition) is 2. The van der Waals surface area contributed by atoms with Gasteiger partial charge in [0.1, 0.15) is 5.01 Å². The average Bonchev–Trinajstić information content (AvgIpc) is 3.14. The van der Waals surface area contributed by atoms with E-state index in [0.29, 0.717) is 24.2 Å². The quantitative estimate of drug-likeness (QED) is 0.264. The first-order chi connectivity index (χ1) is 14.5. The molecular weight excluding hydrogens is 396 g/mol. The van der Waals surface area contributed by atoms with Crippen LogP contribution in [0.1, 0.15) is 53.9 Å². The predicted octanol–water partition coefficient (Wildman–Crippen LogP) is 5.26. The Balaban J connectivity index is 1.37. The van der Waals surface area contributed by atoms with Gasteiger partial charge in [0.25, 0.3) is 0 Å². The fraction of sp³-hybridized carbons (Fsp3) is 0.304. The lowest BCUT2D eigenvalue weighted by molar-refractivity contribution is -0.116. The maximum atomic E-state index is 12.6. The molecule has 156 valence electrons. The molecule has 0 aliphatic heterocycles. The van der Waals surface area contributed by atoms with Crippen molar-refractivity contribution in [2.45, 2.75) is 45.4 Å². The summed E-state index contributed by atoms with van der Waals surface area (Å²) in [6.45, 7) is 1.88. The Bertz CT molecular complexity index is 1000. The summed E-state index contributed by atoms with van der Waals surface area (Å²) < 4.78 is 0. The van der Waals surface area contributed by atoms with Gasteiger partial charge in [-0.1, -0.05) is 25.0 Å². The second kappa shape index (κ2) is 10.6. The van der Waals surface area contributed by atoms with Gasteiger partial charge in [-0.05, 0) is 44.0 Å². The minimum atomic E-state index is -0.0350. The van der Waals surface area contributed by atoms with E-state index < -0.39 is 0 Å². The second-order valence-corrected chi connectivity index (χ2v) is 8.15. The minimum absolute atomic E-state index is 0.0350. The monoisotopic (exact) mass is 422 g/mol. The number of unbranched alkanes of at least 4 members (excludes halogenated alkanes) is 3. The van der Waals surface area contributed by atoms with Crippen LogP contribution < -0.4 is 11.1 Å². The summed E-state index contributed by atoms with van der Waals surface area (Å²) in [7, 11) is 0. The highest BCUT2D eigenvalue weighted by Gasteiger charge is 2.16. The van der Waals surface area contributed by atoms with Crippen molar-refractivity contribution in [3.05, 3.63) is 59.4 Å². The number of carbonyl (C=O) groups is 2. The molecule has 30 heavy (non-hydrogen) atoms. The number of thiazole rings is 1. The summed E-state index contributed by atoms with van der Waals surface area (Å²) >= 11 is 1.43. The van der Waals surface area contributed by atoms with Crippen LogP contribution in [-0.2, 0) is 4.79 Å². The van der Waals surface area contributed by atoms with E-state index in [2.05, 4.69) is 15.3 Å². The van der Waals surface area contributed by atoms with Crippen molar-refractivity contribution in [3.63, 3.8) is 0 Å². The number of amides is 1. The number of aromatic nitrogens is 2. The molecule has 2 aromatic heterocycles. The van der Waals surface area contributed by atoms with Crippen LogP contribution in [0.2, 0.25) is 0 Å². The molecule has 0 aliphatic carbocycles. The Kier molecular flexibility index (Phi) is 7.68. The van der Waals surface area contributed by atoms with Crippen molar-refractivity contribution in [2.24, 2.45) is 0 Å². The SMILES string of the molecule is Cc1nc(-c2cccnc2)sc1C(=O)CCCCCCC(=O)Nc1ccccc1N. The largest absolute Gasteiger partial charge is 0.397 e. The molecule has 3 aromatic rings. The van der Waals surface area contributed by atoms with E-state index in [9.17, 15) is 9.59 Å². The van der Waals surface area contributed by atoms with E-state index in [0.717, 1.165) is 46.8 Å². The molecule has 0 aliphatic rings. The summed E-state index contributed by atoms with van der Waals surface area (Å²) in [5.74, 6) is 0.102. The lowest BCUT2D eigenvalue weighted by Gasteiger charge is -2.07. The van der Waals surface area contributed by atoms with Gasteiger partial charge in [0.05, 0.1) is 21.9 Å². The Morgan fingerprint density at radius 2 is 1.80 bits per heavy atom. The highest BCUT2D eigenvalue weighted by atomic mass is 32.1. The molecule has 2 heterocycles. The highest BCUT2D eigenvalue weighted by Crippen LogP contribution is 2.28. The van der Waals surface area contributed by atoms with Crippen LogP contribution in [0.25, 0.3) is 10.6 Å². The second-order valence-electron chi connectivity index (χ2n) is 7.15. The van der Waals surface area contributed by atoms with Crippen LogP contribution >= 0.6 is 11.3 Å². The third-order valence-corrected chi connectivity index (χ3v) is 6.00. The Hall–Kier alpha value is -3.06. The van der Waals surface area contributed by atoms with Crippen molar-refractivity contribution in [1.29, 1.82) is 0 Å². The van der Waals surface area contributed by atoms with Gasteiger partial charge in [0.15, 0.2) is 5.78 Å². The van der Waals surface area contributed by atoms with Gasteiger partial charge in [-0.3, -0.25) is 14.6 Å². The molecule has 6 nitrogen and oxygen atoms in total. The normalized spacial score (nSPS) is 10.7. The number of ketones is 1. The number of nitrogens with zero attached hydrogens (tertiary/aromatic N) is 2. The number of carbonyl (C=O) groups excluding carboxylic acids is 2. The number of para-hydroxylation sites is 2. The van der Waals surface area contributed by atoms with Gasteiger partial charge in [-0.15, -0.1) is 11.3 Å². The Labute approximate surface area is 180 Å². The topological polar surface area (TPSA) is 98.0 Å². The van der Waals surface area contributed by atoms with E-state index in [-0.39, 0.29) is 11.7 Å². The molecule has 7 heteroatoms. The zero-order chi connectivity index (χ0) is 21.3. The van der Waals surface area contributed by atoms with Gasteiger partial charge >= 0.3 is 0 Å². The summed E-state index contributed by atoms with van der Waals surface area (Å²) in [5.41, 5.74) is 8.76. The number of pyridine rings is 1. The van der Waals surface area contributed by atoms with Crippen LogP contribution in [0.15, 0.2) is 48.8 Å². The fourth-order valence-corrected chi connectivity index (χ4v) is 4.15. The number of aryl methyl sites for hydroxylation is 1. The molecule has 1 aromatic carbocycles. The minimum Gasteiger partial charge on any atom is -0.397 e. The maximum Gasteiger partial charge on any atom is 0.224 e. The first kappa shape index (κ1) is 21.6. The zero-order valence-electron chi connectivity index (χ0n) is 17.1. The van der Waals surface area contributed by atoms with Crippen LogP contribution in [0.3, 0.4) is 0 Å². The van der Waals surface area contributed by atoms with E-state index in [1.807, 2.05) is 31.2 Å². The third-order valence-electron chi connectivity index (χ3n) is 4.75. The Morgan fingerprint density at radius 1 is 1.03 bits per heavy atom. The number of rotatable bonds is 10. The number of nitrogen functional groups attached to an aromatic ring is 1. The van der Waals surface area contributed by atoms with Gasteiger partial charge in [0.2, 0.25) is 5.91 Å². The molecule has 0 fully saturated rings. The van der Waals surface area contributed by atoms with Crippen LogP contribution in [-0.4, -0.2) is 21.7 Å². The molecule has 0 saturated carbocycles. The molecule has 0 saturated heterocycles. The molecule has 1 amide bonds. The summed E-state index contributed by atoms with van der Waals surface area (Å²) in [5, 5.41) is 3.66. The zero-order valence-corrected chi connectivity index (χ0v) is 17.9. The standard InChI is InChI=1S/C23H26N4O2S/c1-16-22(30-23(26-16)17-9-8-14-25-15-17)20(28)12-4-2-3-5-13-21(29)27-19-11-7-6-10-18(19)24/h6-11,14-15H,2-5,12-13,24H2,1H3,(H,27,29). The van der Waals surface area contributed by atoms with E-state index in [1.54, 1.807) is 24.5 Å². The lowest BCUT2D eigenvalue weighted by Crippen LogP contribution is -2.12. The molecule has 0 unspecified atom stereocenters. The molecule has 0 atom stereocenters. The van der Waals surface area contributed by atoms with Crippen molar-refractivity contribution in [2.75, 3.05) is 11.1 Å². The Morgan fingerprint density at radius 3 is 2.53 bits per heavy atom. The molecule has 3 N–H and O–H groups in total. The van der Waals surface area contributed by atoms with E-state index >= 15 is 0 Å². The van der Waals surface area contributed by atoms with E-state index in [1.165, 1.54) is 11.3 Å². The lowest BCUT2D eigenvalue weighted by atomic mass is 10.1. The number of anilines is 2. The van der Waals surface area contributed by atoms with Gasteiger partial charge < -0.3 is 11.1 Å². The van der Waals surface area contributed by atoms with Crippen molar-refractivity contribution < 1.29 is 9.59 Å². The maximum absolute atomic E-state index is 12.6. The molecular formula is C23H26N4O2S. The number of nitrogens with two attached hydrogens (primary N) is 1. The molecule has 3 rings (SSSR count). The van der Waals surface area contributed by atoms with Crippen molar-refractivity contribution in [1.82, 2.24) is 9.97 Å². The highest BCUT2D eigenvalue weighted by molar-refractivity contribution is 7.17. The fourth-order valence-electron chi connectivity index (χ4n) is 3.13. The van der Waals surface area contributed by atoms with Gasteiger partial charge in [0, 0.05) is 30.8 Å². The van der Waals surface area contributed by atoms with Crippen molar-refractivity contribution >= 4 is 34.4 Å². The van der Waals surface area contributed by atoms with Crippen LogP contribution in [0.4, 0.5) is 11.4 Å². The van der Waals surface area contributed by atoms with Crippen LogP contribution in [0.5, 0.6) is 0 Å². The average molecular weight is 423 g/mol. The molecule has 0 radical (unpaired) electrons. The molecule has 0 spiro atoms. The first-order valence-corrected chi connectivity index (χ1v) is 10.9. The number of benzene rings is 1. The number of nitrogens with one attached hydrogen (secondary N) is 1. The van der Waals surface area contributed by atoms with Gasteiger partial charge in [-0.25, -0.2) is 4.98 Å². The van der Waals surface area contributed by atoms with E-state index in [4.69, 9.17) is 5.73 Å². The molecule has 0 bridgehead atoms. The predicted molar refractivity (Wildman–Crippen MR) is 122 cm³/mol. The van der Waals surface area contributed by atoms with Crippen molar-refractivity contribution in [3.8, 4) is 10.6 Å².